The Morgan fingerprint density at radius 3 is 2.88 bits per heavy atom. The summed E-state index contributed by atoms with van der Waals surface area (Å²) in [4.78, 5) is 28.5. The van der Waals surface area contributed by atoms with Gasteiger partial charge in [-0.25, -0.2) is 4.79 Å². The van der Waals surface area contributed by atoms with E-state index in [0.717, 1.165) is 10.9 Å². The number of nitrogens with one attached hydrogen (secondary N) is 1. The van der Waals surface area contributed by atoms with Crippen molar-refractivity contribution in [1.29, 1.82) is 5.26 Å². The summed E-state index contributed by atoms with van der Waals surface area (Å²) in [5, 5.41) is 12.1. The number of nitrogens with zero attached hydrogens (tertiary/aromatic N) is 2. The zero-order valence-electron chi connectivity index (χ0n) is 13.5. The second kappa shape index (κ2) is 8.63. The summed E-state index contributed by atoms with van der Waals surface area (Å²) >= 11 is 0. The van der Waals surface area contributed by atoms with Gasteiger partial charge in [0, 0.05) is 18.0 Å². The predicted molar refractivity (Wildman–Crippen MR) is 89.1 cm³/mol. The van der Waals surface area contributed by atoms with Crippen molar-refractivity contribution in [3.8, 4) is 6.07 Å². The van der Waals surface area contributed by atoms with Crippen LogP contribution < -0.4 is 5.32 Å². The van der Waals surface area contributed by atoms with Crippen LogP contribution in [-0.4, -0.2) is 30.0 Å². The molecule has 0 aliphatic carbocycles. The molecule has 0 aliphatic rings. The van der Waals surface area contributed by atoms with Crippen molar-refractivity contribution in [2.45, 2.75) is 31.7 Å². The fourth-order valence-electron chi connectivity index (χ4n) is 2.38. The highest BCUT2D eigenvalue weighted by Gasteiger charge is 2.22. The van der Waals surface area contributed by atoms with E-state index in [0.29, 0.717) is 31.2 Å². The van der Waals surface area contributed by atoms with Gasteiger partial charge in [0.15, 0.2) is 0 Å². The molecule has 0 unspecified atom stereocenters. The van der Waals surface area contributed by atoms with E-state index >= 15 is 0 Å². The van der Waals surface area contributed by atoms with Crippen molar-refractivity contribution in [3.63, 3.8) is 0 Å². The van der Waals surface area contributed by atoms with Crippen LogP contribution in [0, 0.1) is 11.3 Å². The Hall–Kier alpha value is -2.94. The number of para-hydroxylation sites is 1. The van der Waals surface area contributed by atoms with Gasteiger partial charge in [-0.1, -0.05) is 18.2 Å². The number of benzene rings is 1. The molecule has 0 aliphatic heterocycles. The molecule has 124 valence electrons. The number of carbonyl (C=O) groups is 2. The monoisotopic (exact) mass is 325 g/mol. The minimum atomic E-state index is -0.729. The van der Waals surface area contributed by atoms with Gasteiger partial charge in [0.1, 0.15) is 6.04 Å². The van der Waals surface area contributed by atoms with Gasteiger partial charge in [-0.15, -0.1) is 0 Å². The number of unbranched alkanes of at least 4 members (excludes halogenated alkanes) is 2. The normalized spacial score (nSPS) is 11.5. The summed E-state index contributed by atoms with van der Waals surface area (Å²) in [6, 6.07) is 10.6. The Morgan fingerprint density at radius 2 is 2.12 bits per heavy atom. The molecule has 1 amide bonds. The lowest BCUT2D eigenvalue weighted by molar-refractivity contribution is -0.143. The first kappa shape index (κ1) is 17.4. The largest absolute Gasteiger partial charge is 0.467 e. The molecule has 1 aromatic heterocycles. The molecule has 1 atom stereocenters. The van der Waals surface area contributed by atoms with E-state index in [4.69, 9.17) is 10.00 Å². The van der Waals surface area contributed by atoms with Crippen LogP contribution in [-0.2, 0) is 9.53 Å². The first-order chi connectivity index (χ1) is 11.7. The molecule has 0 radical (unpaired) electrons. The molecule has 1 heterocycles. The van der Waals surface area contributed by atoms with Gasteiger partial charge in [0.25, 0.3) is 5.91 Å². The Bertz CT molecular complexity index is 767. The maximum Gasteiger partial charge on any atom is 0.328 e. The number of amides is 1. The van der Waals surface area contributed by atoms with Gasteiger partial charge in [-0.05, 0) is 31.4 Å². The first-order valence-corrected chi connectivity index (χ1v) is 7.76. The zero-order chi connectivity index (χ0) is 17.4. The van der Waals surface area contributed by atoms with Crippen molar-refractivity contribution < 1.29 is 14.3 Å². The van der Waals surface area contributed by atoms with Crippen LogP contribution >= 0.6 is 0 Å². The molecule has 24 heavy (non-hydrogen) atoms. The number of pyridine rings is 1. The summed E-state index contributed by atoms with van der Waals surface area (Å²) in [7, 11) is 1.29. The Labute approximate surface area is 140 Å². The van der Waals surface area contributed by atoms with Crippen molar-refractivity contribution in [1.82, 2.24) is 10.3 Å². The van der Waals surface area contributed by atoms with E-state index in [-0.39, 0.29) is 5.91 Å². The Kier molecular flexibility index (Phi) is 6.26. The fraction of sp³-hybridized carbons (Fsp3) is 0.333. The third kappa shape index (κ3) is 4.53. The predicted octanol–water partition coefficient (Wildman–Crippen LogP) is 2.59. The maximum atomic E-state index is 12.4. The molecule has 1 aromatic carbocycles. The molecule has 0 bridgehead atoms. The lowest BCUT2D eigenvalue weighted by Gasteiger charge is -2.16. The second-order valence-electron chi connectivity index (χ2n) is 5.37. The van der Waals surface area contributed by atoms with Crippen LogP contribution in [0.2, 0.25) is 0 Å². The molecule has 2 rings (SSSR count). The van der Waals surface area contributed by atoms with E-state index in [1.807, 2.05) is 24.3 Å². The van der Waals surface area contributed by atoms with Crippen LogP contribution in [0.4, 0.5) is 0 Å². The van der Waals surface area contributed by atoms with Gasteiger partial charge >= 0.3 is 5.97 Å². The second-order valence-corrected chi connectivity index (χ2v) is 5.37. The summed E-state index contributed by atoms with van der Waals surface area (Å²) in [6.07, 6.45) is 3.68. The molecular weight excluding hydrogens is 306 g/mol. The zero-order valence-corrected chi connectivity index (χ0v) is 13.5. The van der Waals surface area contributed by atoms with Crippen LogP contribution in [0.5, 0.6) is 0 Å². The number of rotatable bonds is 7. The molecule has 0 fully saturated rings. The van der Waals surface area contributed by atoms with Crippen LogP contribution in [0.15, 0.2) is 36.5 Å². The van der Waals surface area contributed by atoms with Gasteiger partial charge in [-0.2, -0.15) is 5.26 Å². The molecule has 2 aromatic rings. The van der Waals surface area contributed by atoms with E-state index < -0.39 is 12.0 Å². The number of ether oxygens (including phenoxy) is 1. The number of esters is 1. The SMILES string of the molecule is COC(=O)[C@@H](CCCCC#N)NC(=O)c1cnc2ccccc2c1. The molecule has 6 heteroatoms. The van der Waals surface area contributed by atoms with Gasteiger partial charge in [-0.3, -0.25) is 9.78 Å². The number of hydrogen-bond donors (Lipinski definition) is 1. The maximum absolute atomic E-state index is 12.4. The van der Waals surface area contributed by atoms with Crippen molar-refractivity contribution in [2.75, 3.05) is 7.11 Å². The third-order valence-corrected chi connectivity index (χ3v) is 3.68. The molecule has 0 saturated carbocycles. The van der Waals surface area contributed by atoms with Gasteiger partial charge in [0.05, 0.1) is 24.3 Å². The average Bonchev–Trinajstić information content (AvgIpc) is 2.63. The molecular formula is C18H19N3O3. The van der Waals surface area contributed by atoms with E-state index in [1.54, 1.807) is 6.07 Å². The van der Waals surface area contributed by atoms with E-state index in [1.165, 1.54) is 13.3 Å². The topological polar surface area (TPSA) is 92.1 Å². The summed E-state index contributed by atoms with van der Waals surface area (Å²) in [5.41, 5.74) is 1.19. The highest BCUT2D eigenvalue weighted by atomic mass is 16.5. The highest BCUT2D eigenvalue weighted by Crippen LogP contribution is 2.13. The molecule has 0 saturated heterocycles. The summed E-state index contributed by atoms with van der Waals surface area (Å²) < 4.78 is 4.74. The van der Waals surface area contributed by atoms with Gasteiger partial charge in [0.2, 0.25) is 0 Å². The molecule has 0 spiro atoms. The minimum Gasteiger partial charge on any atom is -0.467 e. The minimum absolute atomic E-state index is 0.371. The van der Waals surface area contributed by atoms with Crippen molar-refractivity contribution >= 4 is 22.8 Å². The van der Waals surface area contributed by atoms with Crippen molar-refractivity contribution in [2.24, 2.45) is 0 Å². The Balaban J connectivity index is 2.07. The quantitative estimate of drug-likeness (QED) is 0.624. The molecule has 6 nitrogen and oxygen atoms in total. The van der Waals surface area contributed by atoms with Gasteiger partial charge < -0.3 is 10.1 Å². The van der Waals surface area contributed by atoms with E-state index in [9.17, 15) is 9.59 Å². The fourth-order valence-corrected chi connectivity index (χ4v) is 2.38. The summed E-state index contributed by atoms with van der Waals surface area (Å²) in [5.74, 6) is -0.863. The third-order valence-electron chi connectivity index (χ3n) is 3.68. The summed E-state index contributed by atoms with van der Waals surface area (Å²) in [6.45, 7) is 0. The lowest BCUT2D eigenvalue weighted by atomic mass is 10.1. The highest BCUT2D eigenvalue weighted by molar-refractivity contribution is 5.99. The number of fused-ring (bicyclic) bond motifs is 1. The van der Waals surface area contributed by atoms with E-state index in [2.05, 4.69) is 16.4 Å². The number of aromatic nitrogens is 1. The lowest BCUT2D eigenvalue weighted by Crippen LogP contribution is -2.41. The standard InChI is InChI=1S/C18H19N3O3/c1-24-18(23)16(9-3-2-6-10-19)21-17(22)14-11-13-7-4-5-8-15(13)20-12-14/h4-5,7-8,11-12,16H,2-3,6,9H2,1H3,(H,21,22)/t16-/m1/s1. The number of carbonyl (C=O) groups excluding carboxylic acids is 2. The average molecular weight is 325 g/mol. The van der Waals surface area contributed by atoms with Crippen LogP contribution in [0.3, 0.4) is 0 Å². The number of methoxy groups -OCH3 is 1. The Morgan fingerprint density at radius 1 is 1.33 bits per heavy atom. The number of nitriles is 1. The molecule has 1 N–H and O–H groups in total. The van der Waals surface area contributed by atoms with Crippen LogP contribution in [0.1, 0.15) is 36.0 Å². The van der Waals surface area contributed by atoms with Crippen molar-refractivity contribution in [3.05, 3.63) is 42.1 Å². The first-order valence-electron chi connectivity index (χ1n) is 7.76. The smallest absolute Gasteiger partial charge is 0.328 e. The number of hydrogen-bond acceptors (Lipinski definition) is 5. The van der Waals surface area contributed by atoms with Crippen LogP contribution in [0.25, 0.3) is 10.9 Å².